The number of rotatable bonds is 2. The van der Waals surface area contributed by atoms with Gasteiger partial charge in [0, 0.05) is 32.1 Å². The molecule has 3 heteroatoms. The normalized spacial score (nSPS) is 28.2. The molecule has 1 saturated carbocycles. The van der Waals surface area contributed by atoms with E-state index < -0.39 is 0 Å². The summed E-state index contributed by atoms with van der Waals surface area (Å²) in [5.74, 6) is 1.09. The standard InChI is InChI=1S/C15H20N2O/c1-16-7-9-17(10-8-16)15(18)14-11-13(14)12-5-3-2-4-6-12/h2-6,13-14H,7-11H2,1H3/t13-,14+/m0/s1. The van der Waals surface area contributed by atoms with Crippen LogP contribution in [0.2, 0.25) is 0 Å². The first-order valence-corrected chi connectivity index (χ1v) is 6.78. The minimum Gasteiger partial charge on any atom is -0.340 e. The number of piperazine rings is 1. The fourth-order valence-electron chi connectivity index (χ4n) is 2.80. The van der Waals surface area contributed by atoms with Crippen LogP contribution in [-0.2, 0) is 4.79 Å². The third kappa shape index (κ3) is 2.27. The van der Waals surface area contributed by atoms with Gasteiger partial charge in [0.1, 0.15) is 0 Å². The lowest BCUT2D eigenvalue weighted by Crippen LogP contribution is -2.47. The molecule has 0 aromatic heterocycles. The van der Waals surface area contributed by atoms with Crippen LogP contribution in [0.25, 0.3) is 0 Å². The van der Waals surface area contributed by atoms with Crippen molar-refractivity contribution in [3.63, 3.8) is 0 Å². The highest BCUT2D eigenvalue weighted by molar-refractivity contribution is 5.83. The highest BCUT2D eigenvalue weighted by Gasteiger charge is 2.45. The smallest absolute Gasteiger partial charge is 0.226 e. The summed E-state index contributed by atoms with van der Waals surface area (Å²) < 4.78 is 0. The number of hydrogen-bond donors (Lipinski definition) is 0. The van der Waals surface area contributed by atoms with Crippen LogP contribution in [0.5, 0.6) is 0 Å². The zero-order chi connectivity index (χ0) is 12.5. The highest BCUT2D eigenvalue weighted by Crippen LogP contribution is 2.48. The lowest BCUT2D eigenvalue weighted by molar-refractivity contribution is -0.134. The number of benzene rings is 1. The van der Waals surface area contributed by atoms with Crippen molar-refractivity contribution in [2.24, 2.45) is 5.92 Å². The van der Waals surface area contributed by atoms with E-state index in [1.54, 1.807) is 0 Å². The van der Waals surface area contributed by atoms with E-state index in [1.807, 2.05) is 11.0 Å². The summed E-state index contributed by atoms with van der Waals surface area (Å²) in [6.45, 7) is 3.81. The molecule has 1 aromatic carbocycles. The van der Waals surface area contributed by atoms with Gasteiger partial charge in [0.25, 0.3) is 0 Å². The fourth-order valence-corrected chi connectivity index (χ4v) is 2.80. The molecule has 0 N–H and O–H groups in total. The summed E-state index contributed by atoms with van der Waals surface area (Å²) >= 11 is 0. The van der Waals surface area contributed by atoms with Crippen molar-refractivity contribution in [3.8, 4) is 0 Å². The number of likely N-dealkylation sites (N-methyl/N-ethyl adjacent to an activating group) is 1. The number of amides is 1. The molecule has 1 saturated heterocycles. The zero-order valence-electron chi connectivity index (χ0n) is 10.9. The van der Waals surface area contributed by atoms with E-state index in [4.69, 9.17) is 0 Å². The quantitative estimate of drug-likeness (QED) is 0.788. The molecule has 2 fully saturated rings. The predicted molar refractivity (Wildman–Crippen MR) is 71.4 cm³/mol. The average Bonchev–Trinajstić information content (AvgIpc) is 3.20. The van der Waals surface area contributed by atoms with Crippen molar-refractivity contribution >= 4 is 5.91 Å². The Morgan fingerprint density at radius 1 is 1.11 bits per heavy atom. The van der Waals surface area contributed by atoms with Crippen LogP contribution in [0.4, 0.5) is 0 Å². The number of carbonyl (C=O) groups excluding carboxylic acids is 1. The van der Waals surface area contributed by atoms with E-state index >= 15 is 0 Å². The largest absolute Gasteiger partial charge is 0.340 e. The summed E-state index contributed by atoms with van der Waals surface area (Å²) in [4.78, 5) is 16.7. The van der Waals surface area contributed by atoms with Crippen LogP contribution in [0.15, 0.2) is 30.3 Å². The van der Waals surface area contributed by atoms with E-state index in [2.05, 4.69) is 36.2 Å². The van der Waals surface area contributed by atoms with Crippen molar-refractivity contribution in [1.29, 1.82) is 0 Å². The Hall–Kier alpha value is -1.35. The molecule has 0 bridgehead atoms. The Balaban J connectivity index is 1.59. The van der Waals surface area contributed by atoms with Crippen LogP contribution < -0.4 is 0 Å². The minimum absolute atomic E-state index is 0.246. The summed E-state index contributed by atoms with van der Waals surface area (Å²) in [7, 11) is 2.12. The molecule has 1 aliphatic heterocycles. The predicted octanol–water partition coefficient (Wildman–Crippen LogP) is 1.56. The maximum Gasteiger partial charge on any atom is 0.226 e. The van der Waals surface area contributed by atoms with Gasteiger partial charge in [-0.2, -0.15) is 0 Å². The molecule has 3 rings (SSSR count). The molecular weight excluding hydrogens is 224 g/mol. The molecule has 0 unspecified atom stereocenters. The van der Waals surface area contributed by atoms with Crippen molar-refractivity contribution in [3.05, 3.63) is 35.9 Å². The minimum atomic E-state index is 0.246. The van der Waals surface area contributed by atoms with E-state index in [-0.39, 0.29) is 5.92 Å². The second kappa shape index (κ2) is 4.73. The van der Waals surface area contributed by atoms with Gasteiger partial charge in [-0.3, -0.25) is 4.79 Å². The van der Waals surface area contributed by atoms with Crippen LogP contribution in [0.1, 0.15) is 17.9 Å². The Morgan fingerprint density at radius 2 is 1.78 bits per heavy atom. The third-order valence-corrected chi connectivity index (χ3v) is 4.15. The van der Waals surface area contributed by atoms with Gasteiger partial charge in [0.15, 0.2) is 0 Å². The molecule has 1 heterocycles. The molecule has 0 spiro atoms. The average molecular weight is 244 g/mol. The van der Waals surface area contributed by atoms with Crippen LogP contribution in [0, 0.1) is 5.92 Å². The van der Waals surface area contributed by atoms with Crippen molar-refractivity contribution in [1.82, 2.24) is 9.80 Å². The first kappa shape index (κ1) is 11.7. The zero-order valence-corrected chi connectivity index (χ0v) is 10.9. The maximum atomic E-state index is 12.4. The van der Waals surface area contributed by atoms with Gasteiger partial charge < -0.3 is 9.80 Å². The molecular formula is C15H20N2O. The van der Waals surface area contributed by atoms with E-state index in [1.165, 1.54) is 5.56 Å². The van der Waals surface area contributed by atoms with E-state index in [0.717, 1.165) is 32.6 Å². The molecule has 1 aliphatic carbocycles. The maximum absolute atomic E-state index is 12.4. The fraction of sp³-hybridized carbons (Fsp3) is 0.533. The second-order valence-electron chi connectivity index (χ2n) is 5.49. The van der Waals surface area contributed by atoms with E-state index in [9.17, 15) is 4.79 Å². The highest BCUT2D eigenvalue weighted by atomic mass is 16.2. The van der Waals surface area contributed by atoms with Gasteiger partial charge in [0.2, 0.25) is 5.91 Å². The van der Waals surface area contributed by atoms with E-state index in [0.29, 0.717) is 11.8 Å². The van der Waals surface area contributed by atoms with Crippen LogP contribution >= 0.6 is 0 Å². The molecule has 96 valence electrons. The number of nitrogens with zero attached hydrogens (tertiary/aromatic N) is 2. The van der Waals surface area contributed by atoms with Gasteiger partial charge in [0.05, 0.1) is 0 Å². The molecule has 1 aromatic rings. The monoisotopic (exact) mass is 244 g/mol. The Labute approximate surface area is 108 Å². The van der Waals surface area contributed by atoms with Gasteiger partial charge in [-0.15, -0.1) is 0 Å². The molecule has 2 atom stereocenters. The summed E-state index contributed by atoms with van der Waals surface area (Å²) in [5, 5.41) is 0. The van der Waals surface area contributed by atoms with Crippen molar-refractivity contribution < 1.29 is 4.79 Å². The van der Waals surface area contributed by atoms with Crippen LogP contribution in [-0.4, -0.2) is 48.9 Å². The van der Waals surface area contributed by atoms with Gasteiger partial charge >= 0.3 is 0 Å². The topological polar surface area (TPSA) is 23.6 Å². The van der Waals surface area contributed by atoms with Gasteiger partial charge in [-0.1, -0.05) is 30.3 Å². The van der Waals surface area contributed by atoms with Crippen molar-refractivity contribution in [2.75, 3.05) is 33.2 Å². The molecule has 0 radical (unpaired) electrons. The Morgan fingerprint density at radius 3 is 2.44 bits per heavy atom. The molecule has 1 amide bonds. The third-order valence-electron chi connectivity index (χ3n) is 4.15. The van der Waals surface area contributed by atoms with Crippen LogP contribution in [0.3, 0.4) is 0 Å². The Kier molecular flexibility index (Phi) is 3.08. The molecule has 18 heavy (non-hydrogen) atoms. The summed E-state index contributed by atoms with van der Waals surface area (Å²) in [6, 6.07) is 10.4. The first-order chi connectivity index (χ1) is 8.75. The van der Waals surface area contributed by atoms with Gasteiger partial charge in [-0.05, 0) is 24.9 Å². The lowest BCUT2D eigenvalue weighted by atomic mass is 10.1. The molecule has 3 nitrogen and oxygen atoms in total. The second-order valence-corrected chi connectivity index (χ2v) is 5.49. The van der Waals surface area contributed by atoms with Gasteiger partial charge in [-0.25, -0.2) is 0 Å². The summed E-state index contributed by atoms with van der Waals surface area (Å²) in [6.07, 6.45) is 1.04. The first-order valence-electron chi connectivity index (χ1n) is 6.78. The Bertz CT molecular complexity index is 423. The number of hydrogen-bond acceptors (Lipinski definition) is 2. The SMILES string of the molecule is CN1CCN(C(=O)[C@@H]2C[C@H]2c2ccccc2)CC1. The summed E-state index contributed by atoms with van der Waals surface area (Å²) in [5.41, 5.74) is 1.32. The van der Waals surface area contributed by atoms with Crippen molar-refractivity contribution in [2.45, 2.75) is 12.3 Å². The molecule has 2 aliphatic rings. The number of carbonyl (C=O) groups is 1. The lowest BCUT2D eigenvalue weighted by Gasteiger charge is -2.32.